The number of nitrogens with zero attached hydrogens (tertiary/aromatic N) is 6. The van der Waals surface area contributed by atoms with E-state index in [2.05, 4.69) is 56.9 Å². The summed E-state index contributed by atoms with van der Waals surface area (Å²) in [5.74, 6) is 3.49. The van der Waals surface area contributed by atoms with Crippen LogP contribution < -0.4 is 10.2 Å². The van der Waals surface area contributed by atoms with E-state index >= 15 is 0 Å². The van der Waals surface area contributed by atoms with Crippen molar-refractivity contribution in [3.05, 3.63) is 22.5 Å². The quantitative estimate of drug-likeness (QED) is 0.804. The van der Waals surface area contributed by atoms with Crippen molar-refractivity contribution in [3.63, 3.8) is 0 Å². The van der Waals surface area contributed by atoms with Crippen LogP contribution in [0.25, 0.3) is 0 Å². The lowest BCUT2D eigenvalue weighted by atomic mass is 9.99. The standard InChI is InChI=1S/C21H33N7S/c1-15-5-7-27(8-6-15)14-18-16(2)22-21(29-18)25-19-13-20(24-17(3)23-19)28-11-9-26(4)10-12-28/h13,15H,5-12,14H2,1-4H3,(H,22,23,24,25). The van der Waals surface area contributed by atoms with Gasteiger partial charge in [0.25, 0.3) is 0 Å². The van der Waals surface area contributed by atoms with Gasteiger partial charge in [-0.05, 0) is 52.7 Å². The fourth-order valence-corrected chi connectivity index (χ4v) is 4.99. The Hall–Kier alpha value is -1.77. The van der Waals surface area contributed by atoms with Crippen LogP contribution in [0.5, 0.6) is 0 Å². The van der Waals surface area contributed by atoms with E-state index in [0.29, 0.717) is 0 Å². The number of aryl methyl sites for hydroxylation is 2. The molecule has 1 N–H and O–H groups in total. The molecule has 0 unspecified atom stereocenters. The SMILES string of the molecule is Cc1nc(Nc2nc(C)c(CN3CCC(C)CC3)s2)cc(N2CCN(C)CC2)n1. The first-order valence-corrected chi connectivity index (χ1v) is 11.5. The zero-order chi connectivity index (χ0) is 20.4. The highest BCUT2D eigenvalue weighted by Gasteiger charge is 2.19. The van der Waals surface area contributed by atoms with Crippen LogP contribution in [0.3, 0.4) is 0 Å². The average molecular weight is 416 g/mol. The third-order valence-corrected chi connectivity index (χ3v) is 7.08. The Morgan fingerprint density at radius 3 is 2.48 bits per heavy atom. The second-order valence-electron chi connectivity index (χ2n) is 8.56. The highest BCUT2D eigenvalue weighted by Crippen LogP contribution is 2.29. The fraction of sp³-hybridized carbons (Fsp3) is 0.667. The summed E-state index contributed by atoms with van der Waals surface area (Å²) in [5.41, 5.74) is 1.13. The predicted molar refractivity (Wildman–Crippen MR) is 120 cm³/mol. The molecule has 2 saturated heterocycles. The first-order valence-electron chi connectivity index (χ1n) is 10.7. The minimum absolute atomic E-state index is 0.792. The van der Waals surface area contributed by atoms with Gasteiger partial charge >= 0.3 is 0 Å². The van der Waals surface area contributed by atoms with Crippen LogP contribution in [0.15, 0.2) is 6.07 Å². The summed E-state index contributed by atoms with van der Waals surface area (Å²) in [7, 11) is 2.17. The van der Waals surface area contributed by atoms with Gasteiger partial charge in [-0.2, -0.15) is 0 Å². The number of likely N-dealkylation sites (tertiary alicyclic amines) is 1. The third-order valence-electron chi connectivity index (χ3n) is 6.02. The summed E-state index contributed by atoms with van der Waals surface area (Å²) in [5, 5.41) is 4.36. The van der Waals surface area contributed by atoms with Crippen LogP contribution in [0.4, 0.5) is 16.8 Å². The molecule has 2 aliphatic rings. The lowest BCUT2D eigenvalue weighted by molar-refractivity contribution is 0.186. The maximum absolute atomic E-state index is 4.77. The van der Waals surface area contributed by atoms with Gasteiger partial charge in [0.05, 0.1) is 5.69 Å². The predicted octanol–water partition coefficient (Wildman–Crippen LogP) is 3.28. The molecule has 7 nitrogen and oxygen atoms in total. The van der Waals surface area contributed by atoms with E-state index in [1.165, 1.54) is 30.8 Å². The van der Waals surface area contributed by atoms with E-state index in [0.717, 1.165) is 66.9 Å². The summed E-state index contributed by atoms with van der Waals surface area (Å²) in [4.78, 5) is 22.6. The highest BCUT2D eigenvalue weighted by atomic mass is 32.1. The molecule has 0 radical (unpaired) electrons. The Kier molecular flexibility index (Phi) is 6.32. The molecule has 0 aromatic carbocycles. The molecule has 0 spiro atoms. The van der Waals surface area contributed by atoms with Crippen molar-refractivity contribution >= 4 is 28.1 Å². The van der Waals surface area contributed by atoms with E-state index in [-0.39, 0.29) is 0 Å². The van der Waals surface area contributed by atoms with Crippen molar-refractivity contribution < 1.29 is 0 Å². The third kappa shape index (κ3) is 5.24. The number of piperidine rings is 1. The van der Waals surface area contributed by atoms with Crippen LogP contribution in [0, 0.1) is 19.8 Å². The van der Waals surface area contributed by atoms with Gasteiger partial charge in [-0.1, -0.05) is 6.92 Å². The number of rotatable bonds is 5. The highest BCUT2D eigenvalue weighted by molar-refractivity contribution is 7.15. The van der Waals surface area contributed by atoms with Crippen LogP contribution in [-0.2, 0) is 6.54 Å². The van der Waals surface area contributed by atoms with Gasteiger partial charge in [0, 0.05) is 43.7 Å². The monoisotopic (exact) mass is 415 g/mol. The number of aromatic nitrogens is 3. The Morgan fingerprint density at radius 2 is 1.76 bits per heavy atom. The first-order chi connectivity index (χ1) is 14.0. The van der Waals surface area contributed by atoms with E-state index < -0.39 is 0 Å². The van der Waals surface area contributed by atoms with Gasteiger partial charge in [-0.3, -0.25) is 4.90 Å². The zero-order valence-electron chi connectivity index (χ0n) is 18.1. The number of anilines is 3. The Labute approximate surface area is 178 Å². The van der Waals surface area contributed by atoms with Crippen molar-refractivity contribution in [2.24, 2.45) is 5.92 Å². The average Bonchev–Trinajstić information content (AvgIpc) is 3.02. The number of thiazole rings is 1. The number of nitrogens with one attached hydrogen (secondary N) is 1. The summed E-state index contributed by atoms with van der Waals surface area (Å²) in [6.45, 7) is 14.0. The minimum atomic E-state index is 0.792. The van der Waals surface area contributed by atoms with Crippen molar-refractivity contribution in [2.75, 3.05) is 56.5 Å². The van der Waals surface area contributed by atoms with E-state index in [9.17, 15) is 0 Å². The van der Waals surface area contributed by atoms with Crippen molar-refractivity contribution in [1.29, 1.82) is 0 Å². The molecule has 158 valence electrons. The first kappa shape index (κ1) is 20.5. The lowest BCUT2D eigenvalue weighted by Gasteiger charge is -2.33. The molecule has 0 bridgehead atoms. The summed E-state index contributed by atoms with van der Waals surface area (Å²) in [6, 6.07) is 2.06. The topological polar surface area (TPSA) is 60.4 Å². The molecular weight excluding hydrogens is 382 g/mol. The summed E-state index contributed by atoms with van der Waals surface area (Å²) >= 11 is 1.75. The molecule has 0 aliphatic carbocycles. The van der Waals surface area contributed by atoms with Gasteiger partial charge in [-0.25, -0.2) is 15.0 Å². The van der Waals surface area contributed by atoms with E-state index in [4.69, 9.17) is 4.98 Å². The minimum Gasteiger partial charge on any atom is -0.354 e. The van der Waals surface area contributed by atoms with Gasteiger partial charge < -0.3 is 15.1 Å². The van der Waals surface area contributed by atoms with E-state index in [1.54, 1.807) is 11.3 Å². The second-order valence-corrected chi connectivity index (χ2v) is 9.64. The Bertz CT molecular complexity index is 820. The largest absolute Gasteiger partial charge is 0.354 e. The normalized spacial score (nSPS) is 19.7. The molecule has 8 heteroatoms. The molecule has 2 aromatic heterocycles. The summed E-state index contributed by atoms with van der Waals surface area (Å²) in [6.07, 6.45) is 2.61. The maximum Gasteiger partial charge on any atom is 0.188 e. The molecule has 2 fully saturated rings. The molecule has 2 aromatic rings. The number of hydrogen-bond donors (Lipinski definition) is 1. The molecule has 0 atom stereocenters. The van der Waals surface area contributed by atoms with Crippen molar-refractivity contribution in [1.82, 2.24) is 24.8 Å². The Morgan fingerprint density at radius 1 is 1.03 bits per heavy atom. The number of likely N-dealkylation sites (N-methyl/N-ethyl adjacent to an activating group) is 1. The van der Waals surface area contributed by atoms with Crippen LogP contribution >= 0.6 is 11.3 Å². The zero-order valence-corrected chi connectivity index (χ0v) is 18.9. The fourth-order valence-electron chi connectivity index (χ4n) is 3.97. The van der Waals surface area contributed by atoms with Crippen LogP contribution in [0.1, 0.15) is 36.2 Å². The van der Waals surface area contributed by atoms with Gasteiger partial charge in [0.15, 0.2) is 5.13 Å². The van der Waals surface area contributed by atoms with Gasteiger partial charge in [0.1, 0.15) is 17.5 Å². The summed E-state index contributed by atoms with van der Waals surface area (Å²) < 4.78 is 0. The molecule has 0 saturated carbocycles. The Balaban J connectivity index is 1.44. The molecule has 0 amide bonds. The van der Waals surface area contributed by atoms with Crippen LogP contribution in [0.2, 0.25) is 0 Å². The molecule has 4 heterocycles. The van der Waals surface area contributed by atoms with Gasteiger partial charge in [0.2, 0.25) is 0 Å². The molecule has 4 rings (SSSR count). The maximum atomic E-state index is 4.77. The van der Waals surface area contributed by atoms with E-state index in [1.807, 2.05) is 6.92 Å². The van der Waals surface area contributed by atoms with Crippen LogP contribution in [-0.4, -0.2) is 71.1 Å². The van der Waals surface area contributed by atoms with Gasteiger partial charge in [-0.15, -0.1) is 11.3 Å². The number of hydrogen-bond acceptors (Lipinski definition) is 8. The number of piperazine rings is 1. The lowest BCUT2D eigenvalue weighted by Crippen LogP contribution is -2.44. The smallest absolute Gasteiger partial charge is 0.188 e. The molecule has 29 heavy (non-hydrogen) atoms. The van der Waals surface area contributed by atoms with Crippen molar-refractivity contribution in [3.8, 4) is 0 Å². The van der Waals surface area contributed by atoms with Crippen molar-refractivity contribution in [2.45, 2.75) is 40.2 Å². The second kappa shape index (κ2) is 8.93. The molecule has 2 aliphatic heterocycles. The molecular formula is C21H33N7S.